The first kappa shape index (κ1) is 13.5. The van der Waals surface area contributed by atoms with Crippen molar-refractivity contribution >= 4 is 33.4 Å². The van der Waals surface area contributed by atoms with Gasteiger partial charge >= 0.3 is 0 Å². The Kier molecular flexibility index (Phi) is 4.14. The van der Waals surface area contributed by atoms with E-state index >= 15 is 0 Å². The van der Waals surface area contributed by atoms with E-state index < -0.39 is 4.92 Å². The summed E-state index contributed by atoms with van der Waals surface area (Å²) in [6.07, 6.45) is 1.64. The van der Waals surface area contributed by atoms with Crippen molar-refractivity contribution in [3.05, 3.63) is 56.7 Å². The smallest absolute Gasteiger partial charge is 0.258 e. The highest BCUT2D eigenvalue weighted by Crippen LogP contribution is 2.34. The topological polar surface area (TPSA) is 79.8 Å². The van der Waals surface area contributed by atoms with Gasteiger partial charge in [0.2, 0.25) is 0 Å². The molecule has 0 saturated heterocycles. The number of nitrogens with zero attached hydrogens (tertiary/aromatic N) is 3. The molecular weight excluding hydrogens is 330 g/mol. The number of nitro groups is 1. The predicted octanol–water partition coefficient (Wildman–Crippen LogP) is 3.78. The van der Waals surface area contributed by atoms with Crippen molar-refractivity contribution in [2.45, 2.75) is 9.92 Å². The van der Waals surface area contributed by atoms with Crippen molar-refractivity contribution < 1.29 is 4.92 Å². The largest absolute Gasteiger partial charge is 0.288 e. The molecule has 0 N–H and O–H groups in total. The van der Waals surface area contributed by atoms with Crippen LogP contribution in [0.2, 0.25) is 0 Å². The average molecular weight is 336 g/mol. The minimum absolute atomic E-state index is 0.0504. The summed E-state index contributed by atoms with van der Waals surface area (Å²) in [5.41, 5.74) is -0.144. The molecule has 0 spiro atoms. The maximum absolute atomic E-state index is 10.9. The quantitative estimate of drug-likeness (QED) is 0.629. The zero-order valence-electron chi connectivity index (χ0n) is 9.41. The van der Waals surface area contributed by atoms with E-state index in [0.717, 1.165) is 4.47 Å². The molecular formula is C12H6BrN3O2S. The molecule has 0 radical (unpaired) electrons. The van der Waals surface area contributed by atoms with E-state index in [1.165, 1.54) is 23.9 Å². The summed E-state index contributed by atoms with van der Waals surface area (Å²) in [6.45, 7) is 0. The number of nitro benzene ring substituents is 1. The first-order valence-electron chi connectivity index (χ1n) is 5.08. The molecule has 0 unspecified atom stereocenters. The van der Waals surface area contributed by atoms with Gasteiger partial charge in [-0.1, -0.05) is 11.8 Å². The van der Waals surface area contributed by atoms with Crippen molar-refractivity contribution in [2.75, 3.05) is 0 Å². The van der Waals surface area contributed by atoms with Crippen LogP contribution < -0.4 is 0 Å². The van der Waals surface area contributed by atoms with E-state index in [9.17, 15) is 10.1 Å². The summed E-state index contributed by atoms with van der Waals surface area (Å²) in [4.78, 5) is 15.1. The molecule has 19 heavy (non-hydrogen) atoms. The lowest BCUT2D eigenvalue weighted by Gasteiger charge is -2.03. The summed E-state index contributed by atoms with van der Waals surface area (Å²) in [6, 6.07) is 9.92. The molecule has 0 aliphatic carbocycles. The zero-order valence-corrected chi connectivity index (χ0v) is 11.8. The van der Waals surface area contributed by atoms with E-state index in [4.69, 9.17) is 5.26 Å². The van der Waals surface area contributed by atoms with Gasteiger partial charge in [-0.25, -0.2) is 4.98 Å². The molecule has 0 bridgehead atoms. The van der Waals surface area contributed by atoms with Gasteiger partial charge in [0.25, 0.3) is 5.69 Å². The molecule has 2 aromatic rings. The van der Waals surface area contributed by atoms with E-state index in [1.807, 2.05) is 6.07 Å². The van der Waals surface area contributed by atoms with Gasteiger partial charge in [0.15, 0.2) is 0 Å². The number of aromatic nitrogens is 1. The highest BCUT2D eigenvalue weighted by Gasteiger charge is 2.15. The van der Waals surface area contributed by atoms with Crippen molar-refractivity contribution in [3.63, 3.8) is 0 Å². The van der Waals surface area contributed by atoms with Crippen LogP contribution in [-0.2, 0) is 0 Å². The van der Waals surface area contributed by atoms with Crippen molar-refractivity contribution in [1.29, 1.82) is 5.26 Å². The summed E-state index contributed by atoms with van der Waals surface area (Å²) < 4.78 is 0.812. The lowest BCUT2D eigenvalue weighted by Crippen LogP contribution is -1.92. The minimum atomic E-state index is -0.559. The van der Waals surface area contributed by atoms with E-state index in [-0.39, 0.29) is 11.3 Å². The maximum Gasteiger partial charge on any atom is 0.288 e. The normalized spacial score (nSPS) is 9.89. The molecule has 0 atom stereocenters. The number of rotatable bonds is 3. The van der Waals surface area contributed by atoms with Crippen LogP contribution in [0.3, 0.4) is 0 Å². The third-order valence-electron chi connectivity index (χ3n) is 2.23. The summed E-state index contributed by atoms with van der Waals surface area (Å²) in [5.74, 6) is 0. The summed E-state index contributed by atoms with van der Waals surface area (Å²) >= 11 is 4.65. The average Bonchev–Trinajstić information content (AvgIpc) is 2.41. The Morgan fingerprint density at radius 2 is 2.21 bits per heavy atom. The highest BCUT2D eigenvalue weighted by molar-refractivity contribution is 9.10. The van der Waals surface area contributed by atoms with E-state index in [0.29, 0.717) is 9.92 Å². The zero-order chi connectivity index (χ0) is 13.8. The number of hydrogen-bond donors (Lipinski definition) is 0. The molecule has 1 heterocycles. The van der Waals surface area contributed by atoms with Crippen LogP contribution in [0.25, 0.3) is 0 Å². The number of nitriles is 1. The van der Waals surface area contributed by atoms with Gasteiger partial charge < -0.3 is 0 Å². The standard InChI is InChI=1S/C12H6BrN3O2S/c13-10-2-1-5-15-12(10)19-9-4-3-8(7-14)11(6-9)16(17)18/h1-6H. The first-order valence-corrected chi connectivity index (χ1v) is 6.69. The maximum atomic E-state index is 10.9. The molecule has 0 aliphatic heterocycles. The van der Waals surface area contributed by atoms with Gasteiger partial charge in [0.1, 0.15) is 16.7 Å². The molecule has 7 heteroatoms. The fourth-order valence-electron chi connectivity index (χ4n) is 1.38. The Bertz CT molecular complexity index is 685. The Morgan fingerprint density at radius 1 is 1.42 bits per heavy atom. The van der Waals surface area contributed by atoms with Crippen LogP contribution >= 0.6 is 27.7 Å². The van der Waals surface area contributed by atoms with Gasteiger partial charge in [-0.15, -0.1) is 0 Å². The lowest BCUT2D eigenvalue weighted by atomic mass is 10.2. The molecule has 0 fully saturated rings. The van der Waals surface area contributed by atoms with Crippen LogP contribution in [0, 0.1) is 21.4 Å². The monoisotopic (exact) mass is 335 g/mol. The molecule has 0 amide bonds. The Balaban J connectivity index is 2.38. The summed E-state index contributed by atoms with van der Waals surface area (Å²) in [7, 11) is 0. The Morgan fingerprint density at radius 3 is 2.84 bits per heavy atom. The SMILES string of the molecule is N#Cc1ccc(Sc2ncccc2Br)cc1[N+](=O)[O-]. The Hall–Kier alpha value is -1.91. The van der Waals surface area contributed by atoms with Crippen LogP contribution in [0.1, 0.15) is 5.56 Å². The molecule has 5 nitrogen and oxygen atoms in total. The second kappa shape index (κ2) is 5.82. The molecule has 0 saturated carbocycles. The lowest BCUT2D eigenvalue weighted by molar-refractivity contribution is -0.385. The fourth-order valence-corrected chi connectivity index (χ4v) is 2.69. The van der Waals surface area contributed by atoms with Crippen molar-refractivity contribution in [1.82, 2.24) is 4.98 Å². The highest BCUT2D eigenvalue weighted by atomic mass is 79.9. The Labute approximate surface area is 121 Å². The molecule has 0 aliphatic rings. The molecule has 1 aromatic heterocycles. The van der Waals surface area contributed by atoms with E-state index in [2.05, 4.69) is 20.9 Å². The van der Waals surface area contributed by atoms with Crippen LogP contribution in [0.5, 0.6) is 0 Å². The third kappa shape index (κ3) is 3.10. The van der Waals surface area contributed by atoms with Gasteiger partial charge in [-0.05, 0) is 40.2 Å². The van der Waals surface area contributed by atoms with Gasteiger partial charge in [-0.2, -0.15) is 5.26 Å². The third-order valence-corrected chi connectivity index (χ3v) is 4.14. The van der Waals surface area contributed by atoms with Crippen LogP contribution in [0.15, 0.2) is 50.9 Å². The van der Waals surface area contributed by atoms with Crippen LogP contribution in [-0.4, -0.2) is 9.91 Å². The van der Waals surface area contributed by atoms with Gasteiger partial charge in [-0.3, -0.25) is 10.1 Å². The minimum Gasteiger partial charge on any atom is -0.258 e. The second-order valence-corrected chi connectivity index (χ2v) is 5.36. The van der Waals surface area contributed by atoms with Crippen molar-refractivity contribution in [3.8, 4) is 6.07 Å². The number of pyridine rings is 1. The first-order chi connectivity index (χ1) is 9.11. The van der Waals surface area contributed by atoms with Crippen LogP contribution in [0.4, 0.5) is 5.69 Å². The molecule has 1 aromatic carbocycles. The second-order valence-electron chi connectivity index (χ2n) is 3.44. The van der Waals surface area contributed by atoms with Crippen molar-refractivity contribution in [2.24, 2.45) is 0 Å². The number of benzene rings is 1. The van der Waals surface area contributed by atoms with Gasteiger partial charge in [0.05, 0.1) is 9.40 Å². The molecule has 94 valence electrons. The predicted molar refractivity (Wildman–Crippen MR) is 73.9 cm³/mol. The van der Waals surface area contributed by atoms with Gasteiger partial charge in [0, 0.05) is 17.2 Å². The fraction of sp³-hybridized carbons (Fsp3) is 0. The number of hydrogen-bond acceptors (Lipinski definition) is 5. The number of halogens is 1. The van der Waals surface area contributed by atoms with E-state index in [1.54, 1.807) is 24.4 Å². The summed E-state index contributed by atoms with van der Waals surface area (Å²) in [5, 5.41) is 20.4. The molecule has 2 rings (SSSR count).